The van der Waals surface area contributed by atoms with Gasteiger partial charge in [0.2, 0.25) is 0 Å². The average molecular weight is 427 g/mol. The van der Waals surface area contributed by atoms with Gasteiger partial charge >= 0.3 is 0 Å². The Labute approximate surface area is 178 Å². The van der Waals surface area contributed by atoms with Gasteiger partial charge in [0.05, 0.1) is 17.3 Å². The first kappa shape index (κ1) is 21.3. The fourth-order valence-electron chi connectivity index (χ4n) is 2.78. The van der Waals surface area contributed by atoms with Gasteiger partial charge in [0.25, 0.3) is 11.8 Å². The van der Waals surface area contributed by atoms with Gasteiger partial charge in [-0.05, 0) is 48.9 Å². The molecule has 0 heterocycles. The predicted octanol–water partition coefficient (Wildman–Crippen LogP) is 4.99. The molecular weight excluding hydrogens is 407 g/mol. The van der Waals surface area contributed by atoms with E-state index in [9.17, 15) is 14.0 Å². The van der Waals surface area contributed by atoms with Crippen LogP contribution in [-0.2, 0) is 4.79 Å². The van der Waals surface area contributed by atoms with Gasteiger partial charge in [-0.1, -0.05) is 48.0 Å². The maximum atomic E-state index is 13.7. The summed E-state index contributed by atoms with van der Waals surface area (Å²) in [6.07, 6.45) is 0. The molecule has 0 aromatic heterocycles. The molecule has 7 heteroatoms. The molecule has 0 saturated heterocycles. The largest absolute Gasteiger partial charge is 0.483 e. The molecule has 0 radical (unpaired) electrons. The maximum absolute atomic E-state index is 13.7. The summed E-state index contributed by atoms with van der Waals surface area (Å²) in [6, 6.07) is 19.4. The van der Waals surface area contributed by atoms with Crippen molar-refractivity contribution in [2.45, 2.75) is 13.0 Å². The molecule has 2 amide bonds. The van der Waals surface area contributed by atoms with Crippen LogP contribution < -0.4 is 15.4 Å². The van der Waals surface area contributed by atoms with Crippen molar-refractivity contribution in [1.82, 2.24) is 5.32 Å². The number of amides is 2. The third-order valence-electron chi connectivity index (χ3n) is 4.36. The van der Waals surface area contributed by atoms with Crippen molar-refractivity contribution < 1.29 is 18.7 Å². The monoisotopic (exact) mass is 426 g/mol. The number of carbonyl (C=O) groups is 2. The lowest BCUT2D eigenvalue weighted by molar-refractivity contribution is -0.118. The average Bonchev–Trinajstić information content (AvgIpc) is 2.74. The summed E-state index contributed by atoms with van der Waals surface area (Å²) in [5.74, 6) is -1.17. The molecule has 3 rings (SSSR count). The number of hydrogen-bond donors (Lipinski definition) is 2. The summed E-state index contributed by atoms with van der Waals surface area (Å²) in [5, 5.41) is 5.95. The Morgan fingerprint density at radius 2 is 1.67 bits per heavy atom. The first-order valence-corrected chi connectivity index (χ1v) is 9.64. The van der Waals surface area contributed by atoms with Gasteiger partial charge < -0.3 is 15.4 Å². The van der Waals surface area contributed by atoms with Crippen LogP contribution in [0, 0.1) is 5.82 Å². The number of hydrogen-bond acceptors (Lipinski definition) is 3. The van der Waals surface area contributed by atoms with Crippen molar-refractivity contribution >= 4 is 29.1 Å². The highest BCUT2D eigenvalue weighted by Crippen LogP contribution is 2.21. The molecule has 0 fully saturated rings. The first-order valence-electron chi connectivity index (χ1n) is 9.26. The highest BCUT2D eigenvalue weighted by Gasteiger charge is 2.16. The molecule has 0 aliphatic heterocycles. The van der Waals surface area contributed by atoms with Gasteiger partial charge in [0.15, 0.2) is 6.61 Å². The van der Waals surface area contributed by atoms with Crippen molar-refractivity contribution in [3.05, 3.63) is 94.8 Å². The Bertz CT molecular complexity index is 1040. The fraction of sp³-hybridized carbons (Fsp3) is 0.130. The summed E-state index contributed by atoms with van der Waals surface area (Å²) in [7, 11) is 0. The lowest BCUT2D eigenvalue weighted by Crippen LogP contribution is -2.27. The molecular formula is C23H20ClFN2O3. The van der Waals surface area contributed by atoms with E-state index < -0.39 is 11.7 Å². The van der Waals surface area contributed by atoms with Gasteiger partial charge in [0, 0.05) is 5.02 Å². The normalized spacial score (nSPS) is 11.4. The number of rotatable bonds is 7. The minimum Gasteiger partial charge on any atom is -0.483 e. The zero-order valence-corrected chi connectivity index (χ0v) is 16.9. The van der Waals surface area contributed by atoms with Crippen LogP contribution in [0.1, 0.15) is 28.9 Å². The summed E-state index contributed by atoms with van der Waals surface area (Å²) in [5.41, 5.74) is 1.25. The molecule has 5 nitrogen and oxygen atoms in total. The van der Waals surface area contributed by atoms with Crippen molar-refractivity contribution in [1.29, 1.82) is 0 Å². The molecule has 2 N–H and O–H groups in total. The third kappa shape index (κ3) is 5.58. The molecule has 30 heavy (non-hydrogen) atoms. The summed E-state index contributed by atoms with van der Waals surface area (Å²) in [4.78, 5) is 24.8. The second kappa shape index (κ2) is 9.89. The van der Waals surface area contributed by atoms with Gasteiger partial charge in [-0.3, -0.25) is 9.59 Å². The standard InChI is InChI=1S/C23H20ClFN2O3/c1-15(16-10-12-17(24)13-11-16)26-23(29)18-6-2-5-9-21(18)30-14-22(28)27-20-8-4-3-7-19(20)25/h2-13,15H,14H2,1H3,(H,26,29)(H,27,28). The van der Waals surface area contributed by atoms with E-state index >= 15 is 0 Å². The molecule has 154 valence electrons. The Balaban J connectivity index is 1.63. The number of benzene rings is 3. The molecule has 1 atom stereocenters. The number of anilines is 1. The number of nitrogens with one attached hydrogen (secondary N) is 2. The highest BCUT2D eigenvalue weighted by atomic mass is 35.5. The second-order valence-electron chi connectivity index (χ2n) is 6.56. The lowest BCUT2D eigenvalue weighted by Gasteiger charge is -2.16. The van der Waals surface area contributed by atoms with Crippen molar-refractivity contribution in [3.8, 4) is 5.75 Å². The molecule has 3 aromatic rings. The maximum Gasteiger partial charge on any atom is 0.262 e. The van der Waals surface area contributed by atoms with E-state index in [4.69, 9.17) is 16.3 Å². The number of para-hydroxylation sites is 2. The smallest absolute Gasteiger partial charge is 0.262 e. The SMILES string of the molecule is CC(NC(=O)c1ccccc1OCC(=O)Nc1ccccc1F)c1ccc(Cl)cc1. The minimum atomic E-state index is -0.540. The first-order chi connectivity index (χ1) is 14.4. The van der Waals surface area contributed by atoms with Crippen LogP contribution in [0.3, 0.4) is 0 Å². The molecule has 0 aliphatic carbocycles. The van der Waals surface area contributed by atoms with Crippen molar-refractivity contribution in [3.63, 3.8) is 0 Å². The van der Waals surface area contributed by atoms with E-state index in [1.807, 2.05) is 19.1 Å². The zero-order valence-electron chi connectivity index (χ0n) is 16.2. The molecule has 0 saturated carbocycles. The zero-order chi connectivity index (χ0) is 21.5. The van der Waals surface area contributed by atoms with E-state index in [1.165, 1.54) is 18.2 Å². The van der Waals surface area contributed by atoms with Crippen molar-refractivity contribution in [2.24, 2.45) is 0 Å². The van der Waals surface area contributed by atoms with Gasteiger partial charge in [-0.15, -0.1) is 0 Å². The van der Waals surface area contributed by atoms with Crippen LogP contribution in [-0.4, -0.2) is 18.4 Å². The molecule has 0 spiro atoms. The minimum absolute atomic E-state index is 0.0638. The van der Waals surface area contributed by atoms with Gasteiger partial charge in [-0.2, -0.15) is 0 Å². The van der Waals surface area contributed by atoms with Crippen LogP contribution in [0.25, 0.3) is 0 Å². The van der Waals surface area contributed by atoms with Gasteiger partial charge in [-0.25, -0.2) is 4.39 Å². The number of ether oxygens (including phenoxy) is 1. The summed E-state index contributed by atoms with van der Waals surface area (Å²) in [6.45, 7) is 1.48. The Morgan fingerprint density at radius 1 is 1.00 bits per heavy atom. The van der Waals surface area contributed by atoms with Crippen LogP contribution in [0.4, 0.5) is 10.1 Å². The molecule has 0 bridgehead atoms. The van der Waals surface area contributed by atoms with Crippen LogP contribution in [0.15, 0.2) is 72.8 Å². The number of carbonyl (C=O) groups excluding carboxylic acids is 2. The van der Waals surface area contributed by atoms with Crippen LogP contribution in [0.2, 0.25) is 5.02 Å². The molecule has 3 aromatic carbocycles. The van der Waals surface area contributed by atoms with E-state index in [0.717, 1.165) is 5.56 Å². The second-order valence-corrected chi connectivity index (χ2v) is 7.00. The Morgan fingerprint density at radius 3 is 2.40 bits per heavy atom. The topological polar surface area (TPSA) is 67.4 Å². The molecule has 1 unspecified atom stereocenters. The van der Waals surface area contributed by atoms with E-state index in [1.54, 1.807) is 42.5 Å². The van der Waals surface area contributed by atoms with Gasteiger partial charge in [0.1, 0.15) is 11.6 Å². The van der Waals surface area contributed by atoms with E-state index in [0.29, 0.717) is 5.02 Å². The van der Waals surface area contributed by atoms with Crippen molar-refractivity contribution in [2.75, 3.05) is 11.9 Å². The Hall–Kier alpha value is -3.38. The lowest BCUT2D eigenvalue weighted by atomic mass is 10.1. The summed E-state index contributed by atoms with van der Waals surface area (Å²) < 4.78 is 19.2. The fourth-order valence-corrected chi connectivity index (χ4v) is 2.91. The third-order valence-corrected chi connectivity index (χ3v) is 4.61. The Kier molecular flexibility index (Phi) is 7.03. The number of halogens is 2. The van der Waals surface area contributed by atoms with Crippen LogP contribution in [0.5, 0.6) is 5.75 Å². The van der Waals surface area contributed by atoms with Crippen LogP contribution >= 0.6 is 11.6 Å². The quantitative estimate of drug-likeness (QED) is 0.559. The van der Waals surface area contributed by atoms with E-state index in [2.05, 4.69) is 10.6 Å². The highest BCUT2D eigenvalue weighted by molar-refractivity contribution is 6.30. The molecule has 0 aliphatic rings. The summed E-state index contributed by atoms with van der Waals surface area (Å²) >= 11 is 5.90. The predicted molar refractivity (Wildman–Crippen MR) is 114 cm³/mol. The van der Waals surface area contributed by atoms with E-state index in [-0.39, 0.29) is 35.6 Å².